The molecule has 6 heteroatoms. The highest BCUT2D eigenvalue weighted by Gasteiger charge is 2.27. The number of carbonyl (C=O) groups is 1. The highest BCUT2D eigenvalue weighted by molar-refractivity contribution is 7.11. The largest absolute Gasteiger partial charge is 0.342 e. The molecule has 1 saturated heterocycles. The van der Waals surface area contributed by atoms with Gasteiger partial charge in [0.25, 0.3) is 0 Å². The summed E-state index contributed by atoms with van der Waals surface area (Å²) in [6, 6.07) is 17.8. The molecule has 3 aromatic rings. The van der Waals surface area contributed by atoms with Crippen LogP contribution < -0.4 is 0 Å². The van der Waals surface area contributed by atoms with Gasteiger partial charge in [-0.2, -0.15) is 0 Å². The lowest BCUT2D eigenvalue weighted by molar-refractivity contribution is -0.131. The van der Waals surface area contributed by atoms with Gasteiger partial charge < -0.3 is 4.90 Å². The maximum atomic E-state index is 12.7. The minimum absolute atomic E-state index is 0.168. The average Bonchev–Trinajstić information content (AvgIpc) is 3.19. The van der Waals surface area contributed by atoms with Crippen LogP contribution in [0, 0.1) is 0 Å². The topological polar surface area (TPSA) is 46.1 Å². The number of aromatic nitrogens is 2. The molecule has 4 rings (SSSR count). The van der Waals surface area contributed by atoms with Crippen molar-refractivity contribution >= 4 is 28.8 Å². The molecule has 1 unspecified atom stereocenters. The van der Waals surface area contributed by atoms with Crippen LogP contribution in [-0.2, 0) is 17.6 Å². The van der Waals surface area contributed by atoms with Gasteiger partial charge in [0.2, 0.25) is 5.91 Å². The van der Waals surface area contributed by atoms with Crippen molar-refractivity contribution < 1.29 is 4.79 Å². The fourth-order valence-corrected chi connectivity index (χ4v) is 4.70. The first-order chi connectivity index (χ1) is 13.7. The van der Waals surface area contributed by atoms with Crippen molar-refractivity contribution in [1.29, 1.82) is 0 Å². The lowest BCUT2D eigenvalue weighted by Gasteiger charge is -2.31. The molecule has 0 aliphatic carbocycles. The third-order valence-corrected chi connectivity index (χ3v) is 6.41. The minimum atomic E-state index is 0.168. The Hall–Kier alpha value is -2.24. The van der Waals surface area contributed by atoms with Crippen molar-refractivity contribution in [2.75, 3.05) is 13.1 Å². The molecule has 0 saturated carbocycles. The second-order valence-electron chi connectivity index (χ2n) is 7.18. The zero-order valence-corrected chi connectivity index (χ0v) is 17.1. The van der Waals surface area contributed by atoms with Gasteiger partial charge in [0.05, 0.1) is 6.42 Å². The van der Waals surface area contributed by atoms with Crippen LogP contribution >= 0.6 is 22.9 Å². The summed E-state index contributed by atoms with van der Waals surface area (Å²) in [5, 5.41) is 11.6. The zero-order chi connectivity index (χ0) is 19.3. The van der Waals surface area contributed by atoms with Gasteiger partial charge in [0.15, 0.2) is 0 Å². The molecule has 1 aromatic heterocycles. The molecule has 2 aromatic carbocycles. The Bertz CT molecular complexity index is 926. The lowest BCUT2D eigenvalue weighted by atomic mass is 9.98. The number of halogens is 1. The van der Waals surface area contributed by atoms with Crippen LogP contribution in [-0.4, -0.2) is 34.1 Å². The Kier molecular flexibility index (Phi) is 6.03. The Morgan fingerprint density at radius 3 is 2.64 bits per heavy atom. The van der Waals surface area contributed by atoms with Crippen LogP contribution in [0.4, 0.5) is 0 Å². The van der Waals surface area contributed by atoms with Gasteiger partial charge in [-0.1, -0.05) is 54.1 Å². The van der Waals surface area contributed by atoms with E-state index in [1.165, 1.54) is 5.56 Å². The minimum Gasteiger partial charge on any atom is -0.342 e. The summed E-state index contributed by atoms with van der Waals surface area (Å²) in [6.07, 6.45) is 3.29. The molecular formula is C22H22ClN3OS. The van der Waals surface area contributed by atoms with E-state index in [1.54, 1.807) is 11.3 Å². The van der Waals surface area contributed by atoms with E-state index >= 15 is 0 Å². The number of likely N-dealkylation sites (tertiary alicyclic amines) is 1. The fourth-order valence-electron chi connectivity index (χ4n) is 3.57. The van der Waals surface area contributed by atoms with E-state index in [-0.39, 0.29) is 11.8 Å². The molecule has 0 spiro atoms. The molecule has 0 bridgehead atoms. The second kappa shape index (κ2) is 8.84. The highest BCUT2D eigenvalue weighted by atomic mass is 35.5. The molecule has 1 amide bonds. The smallest absolute Gasteiger partial charge is 0.227 e. The number of benzene rings is 2. The van der Waals surface area contributed by atoms with Gasteiger partial charge in [-0.15, -0.1) is 21.5 Å². The Labute approximate surface area is 174 Å². The summed E-state index contributed by atoms with van der Waals surface area (Å²) in [4.78, 5) is 14.7. The van der Waals surface area contributed by atoms with Gasteiger partial charge in [-0.25, -0.2) is 0 Å². The number of rotatable bonds is 5. The number of nitrogens with zero attached hydrogens (tertiary/aromatic N) is 3. The third-order valence-electron chi connectivity index (χ3n) is 5.07. The first kappa shape index (κ1) is 19.1. The molecule has 1 fully saturated rings. The normalized spacial score (nSPS) is 16.9. The van der Waals surface area contributed by atoms with Crippen LogP contribution in [0.15, 0.2) is 54.6 Å². The van der Waals surface area contributed by atoms with Crippen LogP contribution in [0.1, 0.15) is 39.9 Å². The van der Waals surface area contributed by atoms with Crippen molar-refractivity contribution in [3.8, 4) is 0 Å². The molecule has 144 valence electrons. The highest BCUT2D eigenvalue weighted by Crippen LogP contribution is 2.30. The van der Waals surface area contributed by atoms with E-state index in [9.17, 15) is 4.79 Å². The van der Waals surface area contributed by atoms with Crippen molar-refractivity contribution in [2.24, 2.45) is 0 Å². The Balaban J connectivity index is 1.38. The molecule has 1 aliphatic heterocycles. The first-order valence-electron chi connectivity index (χ1n) is 9.56. The molecule has 0 N–H and O–H groups in total. The van der Waals surface area contributed by atoms with Crippen LogP contribution in [0.25, 0.3) is 0 Å². The van der Waals surface area contributed by atoms with Crippen molar-refractivity contribution in [1.82, 2.24) is 15.1 Å². The molecule has 0 radical (unpaired) electrons. The number of piperidine rings is 1. The summed E-state index contributed by atoms with van der Waals surface area (Å²) in [5.41, 5.74) is 2.24. The van der Waals surface area contributed by atoms with Gasteiger partial charge >= 0.3 is 0 Å². The molecular weight excluding hydrogens is 390 g/mol. The van der Waals surface area contributed by atoms with Crippen molar-refractivity contribution in [2.45, 2.75) is 31.6 Å². The van der Waals surface area contributed by atoms with E-state index in [2.05, 4.69) is 22.3 Å². The number of carbonyl (C=O) groups excluding carboxylic acids is 1. The summed E-state index contributed by atoms with van der Waals surface area (Å²) in [7, 11) is 0. The predicted molar refractivity (Wildman–Crippen MR) is 113 cm³/mol. The molecule has 1 atom stereocenters. The van der Waals surface area contributed by atoms with Crippen LogP contribution in [0.2, 0.25) is 5.02 Å². The summed E-state index contributed by atoms with van der Waals surface area (Å²) >= 11 is 7.61. The van der Waals surface area contributed by atoms with E-state index in [0.29, 0.717) is 11.4 Å². The third kappa shape index (κ3) is 4.78. The number of hydrogen-bond donors (Lipinski definition) is 0. The maximum absolute atomic E-state index is 12.7. The van der Waals surface area contributed by atoms with Gasteiger partial charge in [-0.3, -0.25) is 4.79 Å². The summed E-state index contributed by atoms with van der Waals surface area (Å²) in [5.74, 6) is 0.450. The van der Waals surface area contributed by atoms with Gasteiger partial charge in [-0.05, 0) is 36.1 Å². The van der Waals surface area contributed by atoms with Gasteiger partial charge in [0.1, 0.15) is 10.0 Å². The van der Waals surface area contributed by atoms with Crippen molar-refractivity contribution in [3.63, 3.8) is 0 Å². The average molecular weight is 412 g/mol. The van der Waals surface area contributed by atoms with E-state index in [0.717, 1.165) is 47.9 Å². The van der Waals surface area contributed by atoms with Crippen LogP contribution in [0.5, 0.6) is 0 Å². The van der Waals surface area contributed by atoms with Crippen molar-refractivity contribution in [3.05, 3.63) is 80.8 Å². The van der Waals surface area contributed by atoms with E-state index in [4.69, 9.17) is 11.6 Å². The molecule has 28 heavy (non-hydrogen) atoms. The standard InChI is InChI=1S/C22H22ClN3OS/c23-19-10-8-17(9-11-19)14-21(27)26-12-4-7-18(15-26)22-25-24-20(28-22)13-16-5-2-1-3-6-16/h1-3,5-6,8-11,18H,4,7,12-15H2. The van der Waals surface area contributed by atoms with Crippen LogP contribution in [0.3, 0.4) is 0 Å². The molecule has 2 heterocycles. The first-order valence-corrected chi connectivity index (χ1v) is 10.8. The monoisotopic (exact) mass is 411 g/mol. The SMILES string of the molecule is O=C(Cc1ccc(Cl)cc1)N1CCCC(c2nnc(Cc3ccccc3)s2)C1. The molecule has 4 nitrogen and oxygen atoms in total. The fraction of sp³-hybridized carbons (Fsp3) is 0.318. The summed E-state index contributed by atoms with van der Waals surface area (Å²) in [6.45, 7) is 1.55. The second-order valence-corrected chi connectivity index (χ2v) is 8.71. The Morgan fingerprint density at radius 2 is 1.86 bits per heavy atom. The quantitative estimate of drug-likeness (QED) is 0.609. The number of amides is 1. The van der Waals surface area contributed by atoms with E-state index in [1.807, 2.05) is 47.4 Å². The van der Waals surface area contributed by atoms with E-state index < -0.39 is 0 Å². The summed E-state index contributed by atoms with van der Waals surface area (Å²) < 4.78 is 0. The maximum Gasteiger partial charge on any atom is 0.227 e. The Morgan fingerprint density at radius 1 is 1.07 bits per heavy atom. The number of hydrogen-bond acceptors (Lipinski definition) is 4. The molecule has 1 aliphatic rings. The predicted octanol–water partition coefficient (Wildman–Crippen LogP) is 4.73. The van der Waals surface area contributed by atoms with Gasteiger partial charge in [0, 0.05) is 30.5 Å². The zero-order valence-electron chi connectivity index (χ0n) is 15.6. The lowest BCUT2D eigenvalue weighted by Crippen LogP contribution is -2.39.